The van der Waals surface area contributed by atoms with Crippen LogP contribution in [0.4, 0.5) is 5.69 Å². The van der Waals surface area contributed by atoms with Gasteiger partial charge in [-0.25, -0.2) is 0 Å². The Hall–Kier alpha value is -1.57. The summed E-state index contributed by atoms with van der Waals surface area (Å²) in [5.74, 6) is 0. The zero-order valence-electron chi connectivity index (χ0n) is 7.32. The van der Waals surface area contributed by atoms with Gasteiger partial charge in [0.1, 0.15) is 6.07 Å². The number of nitrogen functional groups attached to an aromatic ring is 1. The first-order valence-corrected chi connectivity index (χ1v) is 4.89. The van der Waals surface area contributed by atoms with Crippen LogP contribution < -0.4 is 5.73 Å². The Bertz CT molecular complexity index is 525. The normalized spacial score (nSPS) is 10.3. The molecule has 0 spiro atoms. The van der Waals surface area contributed by atoms with Crippen molar-refractivity contribution in [2.75, 3.05) is 5.73 Å². The Kier molecular flexibility index (Phi) is 2.12. The molecule has 0 fully saturated rings. The van der Waals surface area contributed by atoms with Crippen molar-refractivity contribution in [1.82, 2.24) is 0 Å². The SMILES string of the molecule is N#Cc1ccc2sc(CO)cc2c1N. The Labute approximate surface area is 85.0 Å². The second kappa shape index (κ2) is 3.29. The number of hydrogen-bond acceptors (Lipinski definition) is 4. The van der Waals surface area contributed by atoms with Gasteiger partial charge in [-0.15, -0.1) is 11.3 Å². The largest absolute Gasteiger partial charge is 0.397 e. The third-order valence-electron chi connectivity index (χ3n) is 2.07. The van der Waals surface area contributed by atoms with E-state index in [1.165, 1.54) is 11.3 Å². The number of aliphatic hydroxyl groups excluding tert-OH is 1. The van der Waals surface area contributed by atoms with E-state index in [0.717, 1.165) is 15.0 Å². The van der Waals surface area contributed by atoms with Crippen LogP contribution in [0, 0.1) is 11.3 Å². The molecule has 14 heavy (non-hydrogen) atoms. The van der Waals surface area contributed by atoms with Crippen LogP contribution in [-0.4, -0.2) is 5.11 Å². The van der Waals surface area contributed by atoms with Crippen LogP contribution in [-0.2, 0) is 6.61 Å². The summed E-state index contributed by atoms with van der Waals surface area (Å²) in [5, 5.41) is 18.6. The van der Waals surface area contributed by atoms with Crippen LogP contribution in [0.2, 0.25) is 0 Å². The fourth-order valence-corrected chi connectivity index (χ4v) is 2.30. The van der Waals surface area contributed by atoms with E-state index in [1.54, 1.807) is 6.07 Å². The minimum absolute atomic E-state index is 0.0146. The lowest BCUT2D eigenvalue weighted by molar-refractivity contribution is 0.285. The molecule has 0 atom stereocenters. The molecule has 0 amide bonds. The van der Waals surface area contributed by atoms with Gasteiger partial charge in [0.2, 0.25) is 0 Å². The van der Waals surface area contributed by atoms with E-state index < -0.39 is 0 Å². The molecule has 1 aromatic heterocycles. The van der Waals surface area contributed by atoms with Crippen LogP contribution in [0.3, 0.4) is 0 Å². The van der Waals surface area contributed by atoms with Gasteiger partial charge in [-0.05, 0) is 18.2 Å². The molecule has 70 valence electrons. The lowest BCUT2D eigenvalue weighted by Crippen LogP contribution is -1.89. The molecule has 0 aliphatic carbocycles. The summed E-state index contributed by atoms with van der Waals surface area (Å²) in [7, 11) is 0. The molecule has 1 heterocycles. The van der Waals surface area contributed by atoms with E-state index in [1.807, 2.05) is 18.2 Å². The van der Waals surface area contributed by atoms with Crippen molar-refractivity contribution in [1.29, 1.82) is 5.26 Å². The van der Waals surface area contributed by atoms with Gasteiger partial charge >= 0.3 is 0 Å². The zero-order chi connectivity index (χ0) is 10.1. The number of nitrogens with two attached hydrogens (primary N) is 1. The first-order chi connectivity index (χ1) is 6.76. The van der Waals surface area contributed by atoms with E-state index in [-0.39, 0.29) is 6.61 Å². The van der Waals surface area contributed by atoms with Gasteiger partial charge in [-0.3, -0.25) is 0 Å². The van der Waals surface area contributed by atoms with Crippen LogP contribution >= 0.6 is 11.3 Å². The van der Waals surface area contributed by atoms with E-state index >= 15 is 0 Å². The predicted molar refractivity (Wildman–Crippen MR) is 56.9 cm³/mol. The third-order valence-corrected chi connectivity index (χ3v) is 3.15. The molecule has 3 nitrogen and oxygen atoms in total. The van der Waals surface area contributed by atoms with Crippen molar-refractivity contribution in [2.24, 2.45) is 0 Å². The standard InChI is InChI=1S/C10H8N2OS/c11-4-6-1-2-9-8(10(6)12)3-7(5-13)14-9/h1-3,13H,5,12H2. The number of anilines is 1. The van der Waals surface area contributed by atoms with Crippen molar-refractivity contribution in [3.05, 3.63) is 28.6 Å². The quantitative estimate of drug-likeness (QED) is 0.696. The maximum atomic E-state index is 8.96. The third kappa shape index (κ3) is 1.23. The van der Waals surface area contributed by atoms with Gasteiger partial charge in [0.05, 0.1) is 17.9 Å². The molecular weight excluding hydrogens is 196 g/mol. The number of benzene rings is 1. The lowest BCUT2D eigenvalue weighted by Gasteiger charge is -1.97. The van der Waals surface area contributed by atoms with Gasteiger partial charge in [0.15, 0.2) is 0 Å². The van der Waals surface area contributed by atoms with Crippen molar-refractivity contribution in [2.45, 2.75) is 6.61 Å². The van der Waals surface area contributed by atoms with E-state index in [2.05, 4.69) is 0 Å². The average molecular weight is 204 g/mol. The highest BCUT2D eigenvalue weighted by Gasteiger charge is 2.07. The zero-order valence-corrected chi connectivity index (χ0v) is 8.14. The second-order valence-electron chi connectivity index (χ2n) is 2.92. The first kappa shape index (κ1) is 9.00. The van der Waals surface area contributed by atoms with Crippen LogP contribution in [0.15, 0.2) is 18.2 Å². The van der Waals surface area contributed by atoms with Crippen LogP contribution in [0.5, 0.6) is 0 Å². The van der Waals surface area contributed by atoms with Gasteiger partial charge in [-0.1, -0.05) is 0 Å². The maximum absolute atomic E-state index is 8.96. The van der Waals surface area contributed by atoms with Crippen LogP contribution in [0.25, 0.3) is 10.1 Å². The van der Waals surface area contributed by atoms with E-state index in [9.17, 15) is 0 Å². The molecule has 4 heteroatoms. The highest BCUT2D eigenvalue weighted by Crippen LogP contribution is 2.31. The minimum atomic E-state index is 0.0146. The fourth-order valence-electron chi connectivity index (χ4n) is 1.36. The first-order valence-electron chi connectivity index (χ1n) is 4.08. The Morgan fingerprint density at radius 1 is 1.50 bits per heavy atom. The van der Waals surface area contributed by atoms with Gasteiger partial charge < -0.3 is 10.8 Å². The van der Waals surface area contributed by atoms with Crippen molar-refractivity contribution >= 4 is 27.1 Å². The Morgan fingerprint density at radius 3 is 2.93 bits per heavy atom. The highest BCUT2D eigenvalue weighted by molar-refractivity contribution is 7.19. The number of nitriles is 1. The van der Waals surface area contributed by atoms with E-state index in [4.69, 9.17) is 16.1 Å². The summed E-state index contributed by atoms with van der Waals surface area (Å²) < 4.78 is 1.01. The molecule has 2 rings (SSSR count). The van der Waals surface area contributed by atoms with Gasteiger partial charge in [0, 0.05) is 15.0 Å². The molecule has 0 aliphatic rings. The summed E-state index contributed by atoms with van der Waals surface area (Å²) in [6.07, 6.45) is 0. The van der Waals surface area contributed by atoms with Gasteiger partial charge in [0.25, 0.3) is 0 Å². The number of thiophene rings is 1. The molecule has 0 saturated carbocycles. The molecule has 1 aromatic carbocycles. The van der Waals surface area contributed by atoms with E-state index in [0.29, 0.717) is 11.3 Å². The average Bonchev–Trinajstić information content (AvgIpc) is 2.62. The molecule has 0 radical (unpaired) electrons. The molecule has 2 aromatic rings. The highest BCUT2D eigenvalue weighted by atomic mass is 32.1. The Balaban J connectivity index is 2.76. The summed E-state index contributed by atoms with van der Waals surface area (Å²) in [6, 6.07) is 7.42. The predicted octanol–water partition coefficient (Wildman–Crippen LogP) is 1.85. The summed E-state index contributed by atoms with van der Waals surface area (Å²) in [4.78, 5) is 0.863. The number of nitrogens with zero attached hydrogens (tertiary/aromatic N) is 1. The van der Waals surface area contributed by atoms with Crippen molar-refractivity contribution in [3.8, 4) is 6.07 Å². The van der Waals surface area contributed by atoms with Crippen molar-refractivity contribution < 1.29 is 5.11 Å². The monoisotopic (exact) mass is 204 g/mol. The molecular formula is C10H8N2OS. The fraction of sp³-hybridized carbons (Fsp3) is 0.100. The number of aliphatic hydroxyl groups is 1. The van der Waals surface area contributed by atoms with Crippen LogP contribution in [0.1, 0.15) is 10.4 Å². The Morgan fingerprint density at radius 2 is 2.29 bits per heavy atom. The van der Waals surface area contributed by atoms with Gasteiger partial charge in [-0.2, -0.15) is 5.26 Å². The number of hydrogen-bond donors (Lipinski definition) is 2. The molecule has 0 aliphatic heterocycles. The molecule has 0 unspecified atom stereocenters. The lowest BCUT2D eigenvalue weighted by atomic mass is 10.1. The number of rotatable bonds is 1. The van der Waals surface area contributed by atoms with Crippen molar-refractivity contribution in [3.63, 3.8) is 0 Å². The summed E-state index contributed by atoms with van der Waals surface area (Å²) >= 11 is 1.49. The summed E-state index contributed by atoms with van der Waals surface area (Å²) in [5.41, 5.74) is 6.79. The minimum Gasteiger partial charge on any atom is -0.397 e. The molecule has 0 bridgehead atoms. The summed E-state index contributed by atoms with van der Waals surface area (Å²) in [6.45, 7) is 0.0146. The smallest absolute Gasteiger partial charge is 0.101 e. The maximum Gasteiger partial charge on any atom is 0.101 e. The molecule has 0 saturated heterocycles. The number of fused-ring (bicyclic) bond motifs is 1. The molecule has 3 N–H and O–H groups in total. The topological polar surface area (TPSA) is 70.0 Å². The second-order valence-corrected chi connectivity index (χ2v) is 4.09.